The van der Waals surface area contributed by atoms with Crippen LogP contribution in [-0.2, 0) is 15.9 Å². The van der Waals surface area contributed by atoms with Crippen LogP contribution in [0.1, 0.15) is 35.9 Å². The molecule has 0 aromatic heterocycles. The van der Waals surface area contributed by atoms with Crippen LogP contribution in [0.25, 0.3) is 0 Å². The van der Waals surface area contributed by atoms with E-state index < -0.39 is 11.2 Å². The Hall–Kier alpha value is -0.0700. The third-order valence-electron chi connectivity index (χ3n) is 4.16. The van der Waals surface area contributed by atoms with Crippen LogP contribution in [0.2, 0.25) is 0 Å². The van der Waals surface area contributed by atoms with E-state index in [1.54, 1.807) is 0 Å². The molecule has 2 unspecified atom stereocenters. The first-order chi connectivity index (χ1) is 9.74. The van der Waals surface area contributed by atoms with Gasteiger partial charge in [0.05, 0.1) is 6.04 Å². The van der Waals surface area contributed by atoms with Gasteiger partial charge in [0.15, 0.2) is 0 Å². The second-order valence-electron chi connectivity index (χ2n) is 5.48. The summed E-state index contributed by atoms with van der Waals surface area (Å²) in [5.41, 5.74) is 2.73. The fourth-order valence-electron chi connectivity index (χ4n) is 3.10. The molecule has 2 fully saturated rings. The zero-order valence-corrected chi connectivity index (χ0v) is 13.8. The lowest BCUT2D eigenvalue weighted by Gasteiger charge is -2.31. The van der Waals surface area contributed by atoms with Gasteiger partial charge in [-0.15, -0.1) is 0 Å². The van der Waals surface area contributed by atoms with Crippen molar-refractivity contribution >= 4 is 27.1 Å². The molecule has 20 heavy (non-hydrogen) atoms. The van der Waals surface area contributed by atoms with Gasteiger partial charge in [0, 0.05) is 24.2 Å². The van der Waals surface area contributed by atoms with Gasteiger partial charge in [-0.25, -0.2) is 0 Å². The van der Waals surface area contributed by atoms with E-state index in [1.807, 2.05) is 0 Å². The van der Waals surface area contributed by atoms with Gasteiger partial charge >= 0.3 is 0 Å². The lowest BCUT2D eigenvalue weighted by atomic mass is 9.86. The van der Waals surface area contributed by atoms with E-state index >= 15 is 0 Å². The van der Waals surface area contributed by atoms with Crippen LogP contribution in [0.3, 0.4) is 0 Å². The average molecular weight is 358 g/mol. The summed E-state index contributed by atoms with van der Waals surface area (Å²) < 4.78 is 18.4. The number of benzene rings is 1. The van der Waals surface area contributed by atoms with Crippen molar-refractivity contribution in [3.05, 3.63) is 33.8 Å². The molecular formula is C15H20BrNO2S. The molecule has 1 aromatic carbocycles. The van der Waals surface area contributed by atoms with Crippen molar-refractivity contribution in [1.82, 2.24) is 5.32 Å². The molecule has 1 aromatic rings. The van der Waals surface area contributed by atoms with Crippen molar-refractivity contribution < 1.29 is 9.29 Å². The smallest absolute Gasteiger partial charge is 0.125 e. The predicted molar refractivity (Wildman–Crippen MR) is 85.6 cm³/mol. The fraction of sp³-hybridized carbons (Fsp3) is 0.600. The molecule has 2 aliphatic rings. The molecule has 2 atom stereocenters. The minimum atomic E-state index is -0.693. The van der Waals surface area contributed by atoms with Crippen LogP contribution in [0.15, 0.2) is 22.7 Å². The maximum absolute atomic E-state index is 11.9. The number of halogens is 1. The van der Waals surface area contributed by atoms with E-state index in [4.69, 9.17) is 4.74 Å². The molecule has 0 saturated carbocycles. The largest absolute Gasteiger partial charge is 0.616 e. The Bertz CT molecular complexity index is 465. The molecule has 0 aliphatic carbocycles. The van der Waals surface area contributed by atoms with Gasteiger partial charge in [-0.3, -0.25) is 0 Å². The zero-order chi connectivity index (χ0) is 13.9. The first-order valence-corrected chi connectivity index (χ1v) is 9.47. The second kappa shape index (κ2) is 6.79. The molecule has 0 amide bonds. The molecule has 3 nitrogen and oxygen atoms in total. The monoisotopic (exact) mass is 357 g/mol. The first-order valence-electron chi connectivity index (χ1n) is 7.19. The highest BCUT2D eigenvalue weighted by Gasteiger charge is 2.28. The third kappa shape index (κ3) is 3.39. The van der Waals surface area contributed by atoms with Crippen LogP contribution < -0.4 is 5.32 Å². The highest BCUT2D eigenvalue weighted by atomic mass is 79.9. The summed E-state index contributed by atoms with van der Waals surface area (Å²) in [6.07, 6.45) is 2.18. The molecule has 110 valence electrons. The predicted octanol–water partition coefficient (Wildman–Crippen LogP) is 2.74. The van der Waals surface area contributed by atoms with Gasteiger partial charge in [-0.1, -0.05) is 33.2 Å². The van der Waals surface area contributed by atoms with Crippen molar-refractivity contribution in [3.8, 4) is 0 Å². The lowest BCUT2D eigenvalue weighted by Crippen LogP contribution is -2.39. The number of hydrogen-bond acceptors (Lipinski definition) is 3. The van der Waals surface area contributed by atoms with Crippen molar-refractivity contribution in [2.24, 2.45) is 0 Å². The van der Waals surface area contributed by atoms with Crippen molar-refractivity contribution in [1.29, 1.82) is 0 Å². The third-order valence-corrected chi connectivity index (χ3v) is 6.02. The Morgan fingerprint density at radius 1 is 1.25 bits per heavy atom. The van der Waals surface area contributed by atoms with E-state index in [1.165, 1.54) is 11.1 Å². The molecule has 0 bridgehead atoms. The Morgan fingerprint density at radius 3 is 2.80 bits per heavy atom. The summed E-state index contributed by atoms with van der Waals surface area (Å²) in [5, 5.41) is 3.53. The van der Waals surface area contributed by atoms with Gasteiger partial charge in [-0.05, 0) is 42.0 Å². The van der Waals surface area contributed by atoms with Crippen LogP contribution >= 0.6 is 15.9 Å². The van der Waals surface area contributed by atoms with Gasteiger partial charge in [-0.2, -0.15) is 0 Å². The minimum absolute atomic E-state index is 0.222. The summed E-state index contributed by atoms with van der Waals surface area (Å²) in [5.74, 6) is 2.08. The van der Waals surface area contributed by atoms with Crippen molar-refractivity contribution in [2.45, 2.75) is 24.8 Å². The molecule has 0 radical (unpaired) electrons. The maximum atomic E-state index is 11.9. The molecule has 0 spiro atoms. The van der Waals surface area contributed by atoms with E-state index in [-0.39, 0.29) is 6.04 Å². The standard InChI is InChI=1S/C15H20BrNO2S/c16-12-1-2-13(11-3-6-19-7-4-11)14(9-12)15-10-20(18)8-5-17-15/h1-2,9,11,15,17H,3-8,10H2. The number of rotatable bonds is 2. The fourth-order valence-corrected chi connectivity index (χ4v) is 4.66. The topological polar surface area (TPSA) is 44.3 Å². The maximum Gasteiger partial charge on any atom is 0.125 e. The molecule has 2 saturated heterocycles. The van der Waals surface area contributed by atoms with Gasteiger partial charge < -0.3 is 14.6 Å². The van der Waals surface area contributed by atoms with Crippen LogP contribution in [-0.4, -0.2) is 35.8 Å². The highest BCUT2D eigenvalue weighted by molar-refractivity contribution is 9.10. The molecule has 2 aliphatic heterocycles. The Morgan fingerprint density at radius 2 is 2.05 bits per heavy atom. The first kappa shape index (κ1) is 14.9. The summed E-state index contributed by atoms with van der Waals surface area (Å²) in [4.78, 5) is 0. The summed E-state index contributed by atoms with van der Waals surface area (Å²) in [6.45, 7) is 2.55. The Labute approximate surface area is 131 Å². The normalized spacial score (nSPS) is 28.5. The Balaban J connectivity index is 1.89. The SMILES string of the molecule is [O-][S+]1CCNC(c2cc(Br)ccc2C2CCOCC2)C1. The summed E-state index contributed by atoms with van der Waals surface area (Å²) in [6, 6.07) is 6.77. The minimum Gasteiger partial charge on any atom is -0.616 e. The van der Waals surface area contributed by atoms with E-state index in [2.05, 4.69) is 39.4 Å². The highest BCUT2D eigenvalue weighted by Crippen LogP contribution is 2.35. The lowest BCUT2D eigenvalue weighted by molar-refractivity contribution is 0.0850. The Kier molecular flexibility index (Phi) is 5.04. The van der Waals surface area contributed by atoms with Crippen LogP contribution in [0.5, 0.6) is 0 Å². The van der Waals surface area contributed by atoms with E-state index in [0.717, 1.165) is 48.6 Å². The van der Waals surface area contributed by atoms with Gasteiger partial charge in [0.1, 0.15) is 11.5 Å². The number of ether oxygens (including phenoxy) is 1. The number of nitrogens with one attached hydrogen (secondary N) is 1. The quantitative estimate of drug-likeness (QED) is 0.827. The summed E-state index contributed by atoms with van der Waals surface area (Å²) >= 11 is 2.88. The molecule has 5 heteroatoms. The molecule has 2 heterocycles. The van der Waals surface area contributed by atoms with E-state index in [9.17, 15) is 4.55 Å². The van der Waals surface area contributed by atoms with Crippen LogP contribution in [0.4, 0.5) is 0 Å². The zero-order valence-electron chi connectivity index (χ0n) is 11.4. The summed E-state index contributed by atoms with van der Waals surface area (Å²) in [7, 11) is 0. The molecule has 3 rings (SSSR count). The molecular weight excluding hydrogens is 338 g/mol. The van der Waals surface area contributed by atoms with E-state index in [0.29, 0.717) is 5.92 Å². The van der Waals surface area contributed by atoms with Gasteiger partial charge in [0.25, 0.3) is 0 Å². The molecule has 1 N–H and O–H groups in total. The average Bonchev–Trinajstić information content (AvgIpc) is 2.48. The van der Waals surface area contributed by atoms with Gasteiger partial charge in [0.2, 0.25) is 0 Å². The second-order valence-corrected chi connectivity index (χ2v) is 8.01. The number of hydrogen-bond donors (Lipinski definition) is 1. The van der Waals surface area contributed by atoms with Crippen molar-refractivity contribution in [2.75, 3.05) is 31.3 Å². The van der Waals surface area contributed by atoms with Crippen molar-refractivity contribution in [3.63, 3.8) is 0 Å². The van der Waals surface area contributed by atoms with Crippen LogP contribution in [0, 0.1) is 0 Å².